The van der Waals surface area contributed by atoms with Crippen molar-refractivity contribution in [3.05, 3.63) is 185 Å². The Kier molecular flexibility index (Phi) is 14.2. The summed E-state index contributed by atoms with van der Waals surface area (Å²) in [5, 5.41) is 12.8. The highest BCUT2D eigenvalue weighted by Gasteiger charge is 2.75. The predicted octanol–water partition coefficient (Wildman–Crippen LogP) is 7.39. The number of esters is 1. The zero-order valence-electron chi connectivity index (χ0n) is 40.3. The van der Waals surface area contributed by atoms with Crippen LogP contribution in [0.3, 0.4) is 0 Å². The van der Waals surface area contributed by atoms with Crippen LogP contribution >= 0.6 is 0 Å². The molecule has 6 aromatic rings. The number of ether oxygens (including phenoxy) is 6. The Balaban J connectivity index is 1.23. The van der Waals surface area contributed by atoms with Crippen molar-refractivity contribution < 1.29 is 52.7 Å². The van der Waals surface area contributed by atoms with Gasteiger partial charge in [0.25, 0.3) is 0 Å². The third kappa shape index (κ3) is 9.26. The summed E-state index contributed by atoms with van der Waals surface area (Å²) in [6, 6.07) is 42.3. The van der Waals surface area contributed by atoms with E-state index in [1.165, 1.54) is 7.11 Å². The number of aliphatic hydroxyl groups excluding tert-OH is 1. The van der Waals surface area contributed by atoms with E-state index in [2.05, 4.69) is 22.1 Å². The van der Waals surface area contributed by atoms with Crippen LogP contribution in [0.1, 0.15) is 51.6 Å². The van der Waals surface area contributed by atoms with Crippen molar-refractivity contribution in [3.63, 3.8) is 0 Å². The first-order valence-corrected chi connectivity index (χ1v) is 24.2. The molecular formula is C58H54N4O11. The van der Waals surface area contributed by atoms with E-state index >= 15 is 14.4 Å². The molecule has 73 heavy (non-hydrogen) atoms. The first-order chi connectivity index (χ1) is 35.7. The fourth-order valence-corrected chi connectivity index (χ4v) is 10.8. The number of imide groups is 1. The number of methoxy groups -OCH3 is 2. The van der Waals surface area contributed by atoms with Gasteiger partial charge in [-0.05, 0) is 101 Å². The van der Waals surface area contributed by atoms with E-state index in [0.717, 1.165) is 16.2 Å². The van der Waals surface area contributed by atoms with Crippen molar-refractivity contribution in [2.24, 2.45) is 5.92 Å². The second-order valence-corrected chi connectivity index (χ2v) is 18.0. The number of morpholine rings is 2. The van der Waals surface area contributed by atoms with Gasteiger partial charge in [0.05, 0.1) is 57.2 Å². The molecule has 3 fully saturated rings. The van der Waals surface area contributed by atoms with Gasteiger partial charge in [0, 0.05) is 42.7 Å². The fourth-order valence-electron chi connectivity index (χ4n) is 10.8. The minimum atomic E-state index is -2.07. The molecule has 0 bridgehead atoms. The molecule has 0 aromatic heterocycles. The normalized spacial score (nSPS) is 22.2. The van der Waals surface area contributed by atoms with Gasteiger partial charge in [-0.2, -0.15) is 0 Å². The number of aliphatic hydroxyl groups is 1. The van der Waals surface area contributed by atoms with Gasteiger partial charge in [-0.15, -0.1) is 0 Å². The Morgan fingerprint density at radius 1 is 0.726 bits per heavy atom. The zero-order chi connectivity index (χ0) is 50.5. The molecule has 372 valence electrons. The lowest BCUT2D eigenvalue weighted by Crippen LogP contribution is -2.54. The minimum Gasteiger partial charge on any atom is -0.497 e. The SMILES string of the molecule is COCCOC(=O)N1C(=O)[C@@]2(c3cc(C#Cc4ccc(OC)cc4)ccc31)[C@H](C(=O)Nc1ccc(N3CCOCC3)cc1)[C@H]1C(=O)O[C@H](c3ccccc3)[C@H](c3ccccc3)N1[C@@H]2c1ccc(OCCO)cc1. The third-order valence-corrected chi connectivity index (χ3v) is 13.9. The Morgan fingerprint density at radius 3 is 2.05 bits per heavy atom. The molecule has 3 saturated heterocycles. The lowest BCUT2D eigenvalue weighted by atomic mass is 9.65. The van der Waals surface area contributed by atoms with Gasteiger partial charge in [-0.25, -0.2) is 9.69 Å². The molecule has 2 N–H and O–H groups in total. The van der Waals surface area contributed by atoms with Gasteiger partial charge >= 0.3 is 12.1 Å². The maximum atomic E-state index is 16.6. The van der Waals surface area contributed by atoms with E-state index in [-0.39, 0.29) is 37.7 Å². The predicted molar refractivity (Wildman–Crippen MR) is 271 cm³/mol. The summed E-state index contributed by atoms with van der Waals surface area (Å²) in [6.45, 7) is 2.28. The number of benzene rings is 6. The van der Waals surface area contributed by atoms with E-state index in [9.17, 15) is 9.90 Å². The van der Waals surface area contributed by atoms with E-state index in [0.29, 0.717) is 65.7 Å². The van der Waals surface area contributed by atoms with Gasteiger partial charge < -0.3 is 43.7 Å². The molecule has 15 nitrogen and oxygen atoms in total. The number of nitrogens with one attached hydrogen (secondary N) is 1. The van der Waals surface area contributed by atoms with Crippen molar-refractivity contribution in [1.82, 2.24) is 4.90 Å². The standard InChI is InChI=1S/C58H54N4O11/c1-68-35-36-72-57(67)61-48-28-17-39(14-13-38-15-24-45(69-2)25-16-38)37-47(48)58(56(61)66)49(54(64)59-43-20-22-44(23-21-43)60-29-32-70-33-30-60)51-55(65)73-52(41-11-7-4-8-12-41)50(40-9-5-3-6-10-40)62(51)53(58)42-18-26-46(27-19-42)71-34-31-63/h3-12,15-28,37,49-53,63H,29-36H2,1-2H3,(H,59,64)/t49-,50-,51-,52+,53+,58-/m0/s1. The van der Waals surface area contributed by atoms with Gasteiger partial charge in [-0.3, -0.25) is 19.3 Å². The Morgan fingerprint density at radius 2 is 1.38 bits per heavy atom. The van der Waals surface area contributed by atoms with Gasteiger partial charge in [0.1, 0.15) is 42.3 Å². The Hall–Kier alpha value is -8.00. The lowest BCUT2D eigenvalue weighted by molar-refractivity contribution is -0.177. The molecule has 0 radical (unpaired) electrons. The quantitative estimate of drug-likeness (QED) is 0.0669. The van der Waals surface area contributed by atoms with Gasteiger partial charge in [0.15, 0.2) is 0 Å². The molecule has 0 aliphatic carbocycles. The summed E-state index contributed by atoms with van der Waals surface area (Å²) in [5.41, 5.74) is 2.85. The molecule has 0 saturated carbocycles. The van der Waals surface area contributed by atoms with E-state index in [4.69, 9.17) is 28.4 Å². The van der Waals surface area contributed by atoms with Crippen LogP contribution in [0.25, 0.3) is 0 Å². The van der Waals surface area contributed by atoms with Crippen LogP contribution in [0, 0.1) is 17.8 Å². The molecule has 4 heterocycles. The third-order valence-electron chi connectivity index (χ3n) is 13.9. The van der Waals surface area contributed by atoms with Crippen molar-refractivity contribution >= 4 is 40.9 Å². The van der Waals surface area contributed by atoms with Crippen LogP contribution in [0.2, 0.25) is 0 Å². The molecule has 6 atom stereocenters. The summed E-state index contributed by atoms with van der Waals surface area (Å²) in [5.74, 6) is 3.83. The van der Waals surface area contributed by atoms with Gasteiger partial charge in [-0.1, -0.05) is 84.6 Å². The highest BCUT2D eigenvalue weighted by molar-refractivity contribution is 6.24. The number of amides is 3. The lowest BCUT2D eigenvalue weighted by Gasteiger charge is -2.46. The largest absolute Gasteiger partial charge is 0.497 e. The number of carbonyl (C=O) groups excluding carboxylic acids is 4. The van der Waals surface area contributed by atoms with Crippen LogP contribution in [0.15, 0.2) is 152 Å². The first-order valence-electron chi connectivity index (χ1n) is 24.2. The topological polar surface area (TPSA) is 166 Å². The highest BCUT2D eigenvalue weighted by Crippen LogP contribution is 2.66. The number of anilines is 3. The van der Waals surface area contributed by atoms with Crippen LogP contribution in [-0.2, 0) is 38.7 Å². The smallest absolute Gasteiger partial charge is 0.421 e. The minimum absolute atomic E-state index is 0.0314. The average molecular weight is 983 g/mol. The molecule has 6 aromatic carbocycles. The summed E-state index contributed by atoms with van der Waals surface area (Å²) in [7, 11) is 3.05. The number of carbonyl (C=O) groups is 4. The Labute approximate surface area is 423 Å². The number of cyclic esters (lactones) is 1. The van der Waals surface area contributed by atoms with Gasteiger partial charge in [0.2, 0.25) is 11.8 Å². The molecular weight excluding hydrogens is 929 g/mol. The summed E-state index contributed by atoms with van der Waals surface area (Å²) in [6.07, 6.45) is -1.92. The molecule has 3 amide bonds. The zero-order valence-corrected chi connectivity index (χ0v) is 40.3. The maximum Gasteiger partial charge on any atom is 0.421 e. The van der Waals surface area contributed by atoms with Crippen LogP contribution in [0.5, 0.6) is 11.5 Å². The van der Waals surface area contributed by atoms with Crippen molar-refractivity contribution in [3.8, 4) is 23.3 Å². The fraction of sp³-hybridized carbons (Fsp3) is 0.276. The molecule has 10 rings (SSSR count). The van der Waals surface area contributed by atoms with Crippen LogP contribution < -0.4 is 24.6 Å². The van der Waals surface area contributed by atoms with E-state index in [1.54, 1.807) is 73.8 Å². The number of hydrogen-bond acceptors (Lipinski definition) is 13. The summed E-state index contributed by atoms with van der Waals surface area (Å²) >= 11 is 0. The number of nitrogens with zero attached hydrogens (tertiary/aromatic N) is 3. The van der Waals surface area contributed by atoms with Crippen LogP contribution in [0.4, 0.5) is 21.9 Å². The second-order valence-electron chi connectivity index (χ2n) is 18.0. The van der Waals surface area contributed by atoms with Crippen molar-refractivity contribution in [1.29, 1.82) is 0 Å². The van der Waals surface area contributed by atoms with Crippen molar-refractivity contribution in [2.75, 3.05) is 82.1 Å². The Bertz CT molecular complexity index is 3010. The summed E-state index contributed by atoms with van der Waals surface area (Å²) < 4.78 is 34.4. The molecule has 1 spiro atoms. The number of fused-ring (bicyclic) bond motifs is 3. The highest BCUT2D eigenvalue weighted by atomic mass is 16.6. The second kappa shape index (κ2) is 21.4. The summed E-state index contributed by atoms with van der Waals surface area (Å²) in [4.78, 5) is 67.9. The monoisotopic (exact) mass is 982 g/mol. The molecule has 0 unspecified atom stereocenters. The van der Waals surface area contributed by atoms with Crippen molar-refractivity contribution in [2.45, 2.75) is 29.6 Å². The maximum absolute atomic E-state index is 16.6. The van der Waals surface area contributed by atoms with E-state index in [1.807, 2.05) is 89.8 Å². The first kappa shape index (κ1) is 48.6. The molecule has 15 heteroatoms. The number of rotatable bonds is 13. The van der Waals surface area contributed by atoms with E-state index < -0.39 is 59.4 Å². The average Bonchev–Trinajstić information content (AvgIpc) is 3.89. The molecule has 4 aliphatic heterocycles. The molecule has 4 aliphatic rings. The van der Waals surface area contributed by atoms with Crippen LogP contribution in [-0.4, -0.2) is 107 Å². The number of hydrogen-bond donors (Lipinski definition) is 2.